The minimum Gasteiger partial charge on any atom is -0.496 e. The molecule has 19 heavy (non-hydrogen) atoms. The molecule has 0 radical (unpaired) electrons. The van der Waals surface area contributed by atoms with Crippen LogP contribution < -0.4 is 10.5 Å². The molecule has 0 aliphatic rings. The Morgan fingerprint density at radius 2 is 1.89 bits per heavy atom. The van der Waals surface area contributed by atoms with E-state index in [1.807, 2.05) is 0 Å². The van der Waals surface area contributed by atoms with Crippen LogP contribution in [0.15, 0.2) is 40.9 Å². The molecule has 2 aromatic rings. The van der Waals surface area contributed by atoms with Gasteiger partial charge in [0.2, 0.25) is 0 Å². The molecule has 0 spiro atoms. The molecule has 0 bridgehead atoms. The Labute approximate surface area is 118 Å². The maximum atomic E-state index is 13.7. The van der Waals surface area contributed by atoms with Gasteiger partial charge in [-0.15, -0.1) is 0 Å². The number of methoxy groups -OCH3 is 1. The number of halogens is 3. The summed E-state index contributed by atoms with van der Waals surface area (Å²) in [6, 6.07) is 7.68. The molecule has 5 heteroatoms. The van der Waals surface area contributed by atoms with Gasteiger partial charge in [0, 0.05) is 5.56 Å². The first kappa shape index (κ1) is 14.0. The third-order valence-corrected chi connectivity index (χ3v) is 3.45. The third kappa shape index (κ3) is 2.93. The first-order valence-corrected chi connectivity index (χ1v) is 6.36. The molecule has 0 amide bonds. The molecule has 1 unspecified atom stereocenters. The molecule has 2 aromatic carbocycles. The lowest BCUT2D eigenvalue weighted by Gasteiger charge is -2.15. The highest BCUT2D eigenvalue weighted by molar-refractivity contribution is 9.10. The van der Waals surface area contributed by atoms with Crippen LogP contribution in [0.5, 0.6) is 5.75 Å². The molecule has 100 valence electrons. The normalized spacial score (nSPS) is 12.3. The Morgan fingerprint density at radius 1 is 1.16 bits per heavy atom. The van der Waals surface area contributed by atoms with Crippen molar-refractivity contribution in [3.8, 4) is 5.75 Å². The summed E-state index contributed by atoms with van der Waals surface area (Å²) in [4.78, 5) is 0. The lowest BCUT2D eigenvalue weighted by molar-refractivity contribution is 0.412. The average Bonchev–Trinajstić information content (AvgIpc) is 2.40. The maximum Gasteiger partial charge on any atom is 0.133 e. The number of hydrogen-bond donors (Lipinski definition) is 1. The maximum absolute atomic E-state index is 13.7. The van der Waals surface area contributed by atoms with Crippen molar-refractivity contribution in [2.24, 2.45) is 5.73 Å². The Morgan fingerprint density at radius 3 is 2.53 bits per heavy atom. The number of ether oxygens (including phenoxy) is 1. The molecule has 2 rings (SSSR count). The molecule has 2 nitrogen and oxygen atoms in total. The molecule has 0 fully saturated rings. The molecule has 0 saturated carbocycles. The zero-order valence-electron chi connectivity index (χ0n) is 10.2. The van der Waals surface area contributed by atoms with Crippen molar-refractivity contribution in [1.82, 2.24) is 0 Å². The Balaban J connectivity index is 2.41. The predicted octanol–water partition coefficient (Wildman–Crippen LogP) is 3.78. The zero-order chi connectivity index (χ0) is 14.0. The monoisotopic (exact) mass is 327 g/mol. The lowest BCUT2D eigenvalue weighted by atomic mass is 9.99. The number of hydrogen-bond acceptors (Lipinski definition) is 2. The summed E-state index contributed by atoms with van der Waals surface area (Å²) in [5.41, 5.74) is 6.76. The molecule has 0 heterocycles. The van der Waals surface area contributed by atoms with Gasteiger partial charge in [-0.3, -0.25) is 0 Å². The molecular formula is C14H12BrF2NO. The van der Waals surface area contributed by atoms with E-state index in [-0.39, 0.29) is 5.56 Å². The number of benzene rings is 2. The first-order valence-electron chi connectivity index (χ1n) is 5.57. The molecule has 0 aliphatic heterocycles. The third-order valence-electron chi connectivity index (χ3n) is 2.83. The van der Waals surface area contributed by atoms with E-state index in [0.29, 0.717) is 15.8 Å². The van der Waals surface area contributed by atoms with Crippen LogP contribution in [-0.2, 0) is 0 Å². The van der Waals surface area contributed by atoms with E-state index in [1.54, 1.807) is 25.3 Å². The van der Waals surface area contributed by atoms with Crippen LogP contribution in [0.3, 0.4) is 0 Å². The van der Waals surface area contributed by atoms with E-state index in [0.717, 1.165) is 18.2 Å². The SMILES string of the molecule is COc1ccc(C(N)c2cc(F)ccc2F)cc1Br. The summed E-state index contributed by atoms with van der Waals surface area (Å²) in [6.45, 7) is 0. The van der Waals surface area contributed by atoms with Crippen molar-refractivity contribution in [2.45, 2.75) is 6.04 Å². The van der Waals surface area contributed by atoms with Gasteiger partial charge in [-0.05, 0) is 51.8 Å². The van der Waals surface area contributed by atoms with Gasteiger partial charge < -0.3 is 10.5 Å². The summed E-state index contributed by atoms with van der Waals surface area (Å²) in [7, 11) is 1.55. The predicted molar refractivity (Wildman–Crippen MR) is 73.1 cm³/mol. The second kappa shape index (κ2) is 5.67. The van der Waals surface area contributed by atoms with Crippen LogP contribution >= 0.6 is 15.9 Å². The van der Waals surface area contributed by atoms with Gasteiger partial charge in [-0.1, -0.05) is 6.07 Å². The minimum absolute atomic E-state index is 0.122. The van der Waals surface area contributed by atoms with Crippen LogP contribution in [0, 0.1) is 11.6 Å². The highest BCUT2D eigenvalue weighted by Crippen LogP contribution is 2.30. The van der Waals surface area contributed by atoms with Crippen molar-refractivity contribution < 1.29 is 13.5 Å². The van der Waals surface area contributed by atoms with E-state index in [4.69, 9.17) is 10.5 Å². The highest BCUT2D eigenvalue weighted by Gasteiger charge is 2.15. The molecule has 0 saturated heterocycles. The largest absolute Gasteiger partial charge is 0.496 e. The van der Waals surface area contributed by atoms with Gasteiger partial charge in [0.15, 0.2) is 0 Å². The van der Waals surface area contributed by atoms with E-state index < -0.39 is 17.7 Å². The Bertz CT molecular complexity index is 604. The lowest BCUT2D eigenvalue weighted by Crippen LogP contribution is -2.14. The van der Waals surface area contributed by atoms with Crippen molar-refractivity contribution in [3.05, 3.63) is 63.6 Å². The van der Waals surface area contributed by atoms with Gasteiger partial charge in [-0.25, -0.2) is 8.78 Å². The van der Waals surface area contributed by atoms with Crippen molar-refractivity contribution in [1.29, 1.82) is 0 Å². The summed E-state index contributed by atoms with van der Waals surface area (Å²) in [5.74, 6) is -0.393. The van der Waals surface area contributed by atoms with Gasteiger partial charge in [0.25, 0.3) is 0 Å². The topological polar surface area (TPSA) is 35.2 Å². The smallest absolute Gasteiger partial charge is 0.133 e. The van der Waals surface area contributed by atoms with Crippen LogP contribution in [0.1, 0.15) is 17.2 Å². The molecule has 0 aromatic heterocycles. The van der Waals surface area contributed by atoms with Crippen molar-refractivity contribution >= 4 is 15.9 Å². The summed E-state index contributed by atoms with van der Waals surface area (Å²) in [5, 5.41) is 0. The fraction of sp³-hybridized carbons (Fsp3) is 0.143. The second-order valence-corrected chi connectivity index (χ2v) is 4.89. The van der Waals surface area contributed by atoms with Crippen molar-refractivity contribution in [3.63, 3.8) is 0 Å². The zero-order valence-corrected chi connectivity index (χ0v) is 11.7. The van der Waals surface area contributed by atoms with E-state index in [2.05, 4.69) is 15.9 Å². The first-order chi connectivity index (χ1) is 9.02. The van der Waals surface area contributed by atoms with Gasteiger partial charge >= 0.3 is 0 Å². The van der Waals surface area contributed by atoms with Gasteiger partial charge in [0.1, 0.15) is 17.4 Å². The molecular weight excluding hydrogens is 316 g/mol. The van der Waals surface area contributed by atoms with E-state index >= 15 is 0 Å². The molecule has 0 aliphatic carbocycles. The summed E-state index contributed by atoms with van der Waals surface area (Å²) >= 11 is 3.33. The standard InChI is InChI=1S/C14H12BrF2NO/c1-19-13-5-2-8(6-11(13)15)14(18)10-7-9(16)3-4-12(10)17/h2-7,14H,18H2,1H3. The van der Waals surface area contributed by atoms with E-state index in [1.165, 1.54) is 0 Å². The fourth-order valence-corrected chi connectivity index (χ4v) is 2.37. The number of rotatable bonds is 3. The second-order valence-electron chi connectivity index (χ2n) is 4.04. The van der Waals surface area contributed by atoms with E-state index in [9.17, 15) is 8.78 Å². The Kier molecular flexibility index (Phi) is 4.17. The van der Waals surface area contributed by atoms with Crippen LogP contribution in [0.2, 0.25) is 0 Å². The van der Waals surface area contributed by atoms with Crippen LogP contribution in [0.25, 0.3) is 0 Å². The highest BCUT2D eigenvalue weighted by atomic mass is 79.9. The van der Waals surface area contributed by atoms with Crippen molar-refractivity contribution in [2.75, 3.05) is 7.11 Å². The van der Waals surface area contributed by atoms with Gasteiger partial charge in [-0.2, -0.15) is 0 Å². The average molecular weight is 328 g/mol. The van der Waals surface area contributed by atoms with Gasteiger partial charge in [0.05, 0.1) is 17.6 Å². The summed E-state index contributed by atoms with van der Waals surface area (Å²) in [6.07, 6.45) is 0. The van der Waals surface area contributed by atoms with Crippen LogP contribution in [-0.4, -0.2) is 7.11 Å². The van der Waals surface area contributed by atoms with Crippen LogP contribution in [0.4, 0.5) is 8.78 Å². The minimum atomic E-state index is -0.738. The quantitative estimate of drug-likeness (QED) is 0.931. The number of nitrogens with two attached hydrogens (primary N) is 1. The molecule has 2 N–H and O–H groups in total. The fourth-order valence-electron chi connectivity index (χ4n) is 1.81. The Hall–Kier alpha value is -1.46. The molecule has 1 atom stereocenters. The summed E-state index contributed by atoms with van der Waals surface area (Å²) < 4.78 is 32.7.